The maximum absolute atomic E-state index is 4.69. The van der Waals surface area contributed by atoms with Gasteiger partial charge in [0.15, 0.2) is 5.96 Å². The van der Waals surface area contributed by atoms with Gasteiger partial charge in [0.25, 0.3) is 0 Å². The Balaban J connectivity index is 2.06. The lowest BCUT2D eigenvalue weighted by molar-refractivity contribution is 0.728. The van der Waals surface area contributed by atoms with E-state index >= 15 is 0 Å². The maximum Gasteiger partial charge on any atom is 0.191 e. The highest BCUT2D eigenvalue weighted by Gasteiger charge is 2.09. The normalized spacial score (nSPS) is 11.6. The van der Waals surface area contributed by atoms with Gasteiger partial charge in [-0.25, -0.2) is 4.99 Å². The van der Waals surface area contributed by atoms with Gasteiger partial charge < -0.3 is 10.6 Å². The van der Waals surface area contributed by atoms with Gasteiger partial charge in [0.2, 0.25) is 0 Å². The minimum Gasteiger partial charge on any atom is -0.357 e. The monoisotopic (exact) mass is 313 g/mol. The topological polar surface area (TPSA) is 54.2 Å². The number of guanidine groups is 1. The summed E-state index contributed by atoms with van der Waals surface area (Å²) in [6, 6.07) is 8.35. The quantitative estimate of drug-likeness (QED) is 0.659. The largest absolute Gasteiger partial charge is 0.357 e. The lowest BCUT2D eigenvalue weighted by Crippen LogP contribution is -2.37. The van der Waals surface area contributed by atoms with Crippen LogP contribution in [0.5, 0.6) is 0 Å². The van der Waals surface area contributed by atoms with Gasteiger partial charge in [-0.05, 0) is 38.8 Å². The highest BCUT2D eigenvalue weighted by atomic mass is 15.3. The SMILES string of the molecule is CCNC(=NCc1ccccc1C)NCc1c(C)nn(C)c1C. The smallest absolute Gasteiger partial charge is 0.191 e. The average Bonchev–Trinajstić information content (AvgIpc) is 2.77. The van der Waals surface area contributed by atoms with Crippen LogP contribution >= 0.6 is 0 Å². The van der Waals surface area contributed by atoms with E-state index in [1.54, 1.807) is 0 Å². The first-order valence-corrected chi connectivity index (χ1v) is 8.08. The molecule has 0 amide bonds. The van der Waals surface area contributed by atoms with E-state index < -0.39 is 0 Å². The first-order valence-electron chi connectivity index (χ1n) is 8.08. The van der Waals surface area contributed by atoms with Crippen LogP contribution < -0.4 is 10.6 Å². The highest BCUT2D eigenvalue weighted by Crippen LogP contribution is 2.11. The summed E-state index contributed by atoms with van der Waals surface area (Å²) in [7, 11) is 1.98. The van der Waals surface area contributed by atoms with E-state index in [4.69, 9.17) is 4.99 Å². The second kappa shape index (κ2) is 7.81. The van der Waals surface area contributed by atoms with Gasteiger partial charge in [0.1, 0.15) is 0 Å². The molecule has 1 aromatic heterocycles. The van der Waals surface area contributed by atoms with Crippen LogP contribution in [0, 0.1) is 20.8 Å². The Kier molecular flexibility index (Phi) is 5.79. The maximum atomic E-state index is 4.69. The van der Waals surface area contributed by atoms with Crippen LogP contribution in [0.15, 0.2) is 29.3 Å². The second-order valence-electron chi connectivity index (χ2n) is 5.75. The number of nitrogens with one attached hydrogen (secondary N) is 2. The zero-order valence-corrected chi connectivity index (χ0v) is 14.8. The highest BCUT2D eigenvalue weighted by molar-refractivity contribution is 5.79. The van der Waals surface area contributed by atoms with E-state index in [1.165, 1.54) is 22.4 Å². The summed E-state index contributed by atoms with van der Waals surface area (Å²) in [5.41, 5.74) is 6.00. The van der Waals surface area contributed by atoms with Crippen molar-refractivity contribution in [2.24, 2.45) is 12.0 Å². The first kappa shape index (κ1) is 17.1. The molecule has 0 saturated carbocycles. The molecule has 0 aliphatic carbocycles. The fraction of sp³-hybridized carbons (Fsp3) is 0.444. The van der Waals surface area contributed by atoms with E-state index in [0.29, 0.717) is 6.54 Å². The van der Waals surface area contributed by atoms with Crippen molar-refractivity contribution >= 4 is 5.96 Å². The van der Waals surface area contributed by atoms with Crippen LogP contribution in [0.2, 0.25) is 0 Å². The van der Waals surface area contributed by atoms with Crippen molar-refractivity contribution in [3.63, 3.8) is 0 Å². The van der Waals surface area contributed by atoms with Crippen molar-refractivity contribution in [3.05, 3.63) is 52.3 Å². The van der Waals surface area contributed by atoms with Gasteiger partial charge in [-0.3, -0.25) is 4.68 Å². The predicted octanol–water partition coefficient (Wildman–Crippen LogP) is 2.60. The van der Waals surface area contributed by atoms with Crippen LogP contribution in [-0.2, 0) is 20.1 Å². The van der Waals surface area contributed by atoms with Crippen molar-refractivity contribution < 1.29 is 0 Å². The third-order valence-electron chi connectivity index (χ3n) is 4.10. The molecule has 0 spiro atoms. The van der Waals surface area contributed by atoms with E-state index in [2.05, 4.69) is 60.8 Å². The van der Waals surface area contributed by atoms with E-state index in [9.17, 15) is 0 Å². The second-order valence-corrected chi connectivity index (χ2v) is 5.75. The van der Waals surface area contributed by atoms with Crippen molar-refractivity contribution in [3.8, 4) is 0 Å². The van der Waals surface area contributed by atoms with E-state index in [-0.39, 0.29) is 0 Å². The van der Waals surface area contributed by atoms with Crippen LogP contribution in [-0.4, -0.2) is 22.3 Å². The van der Waals surface area contributed by atoms with Gasteiger partial charge in [0.05, 0.1) is 12.2 Å². The average molecular weight is 313 g/mol. The summed E-state index contributed by atoms with van der Waals surface area (Å²) in [6.45, 7) is 10.6. The van der Waals surface area contributed by atoms with Crippen LogP contribution in [0.4, 0.5) is 0 Å². The number of hydrogen-bond acceptors (Lipinski definition) is 2. The molecule has 1 aromatic carbocycles. The molecule has 5 heteroatoms. The predicted molar refractivity (Wildman–Crippen MR) is 95.5 cm³/mol. The molecule has 2 rings (SSSR count). The minimum absolute atomic E-state index is 0.674. The summed E-state index contributed by atoms with van der Waals surface area (Å²) in [6.07, 6.45) is 0. The molecule has 124 valence electrons. The molecular weight excluding hydrogens is 286 g/mol. The summed E-state index contributed by atoms with van der Waals surface area (Å²) in [5.74, 6) is 0.832. The van der Waals surface area contributed by atoms with Gasteiger partial charge in [-0.2, -0.15) is 5.10 Å². The van der Waals surface area contributed by atoms with Crippen molar-refractivity contribution in [1.29, 1.82) is 0 Å². The Labute approximate surface area is 138 Å². The molecule has 0 bridgehead atoms. The van der Waals surface area contributed by atoms with Crippen LogP contribution in [0.25, 0.3) is 0 Å². The Bertz CT molecular complexity index is 685. The zero-order valence-electron chi connectivity index (χ0n) is 14.8. The number of aryl methyl sites for hydroxylation is 3. The van der Waals surface area contributed by atoms with Crippen molar-refractivity contribution in [2.45, 2.75) is 40.8 Å². The molecule has 1 heterocycles. The molecule has 2 aromatic rings. The van der Waals surface area contributed by atoms with E-state index in [1.807, 2.05) is 18.7 Å². The zero-order chi connectivity index (χ0) is 16.8. The molecule has 0 atom stereocenters. The molecule has 2 N–H and O–H groups in total. The molecule has 23 heavy (non-hydrogen) atoms. The Morgan fingerprint density at radius 3 is 2.52 bits per heavy atom. The van der Waals surface area contributed by atoms with Crippen molar-refractivity contribution in [1.82, 2.24) is 20.4 Å². The van der Waals surface area contributed by atoms with Crippen LogP contribution in [0.1, 0.15) is 35.0 Å². The minimum atomic E-state index is 0.674. The Morgan fingerprint density at radius 1 is 1.17 bits per heavy atom. The number of benzene rings is 1. The fourth-order valence-corrected chi connectivity index (χ4v) is 2.54. The van der Waals surface area contributed by atoms with Gasteiger partial charge >= 0.3 is 0 Å². The molecule has 5 nitrogen and oxygen atoms in total. The summed E-state index contributed by atoms with van der Waals surface area (Å²) in [5, 5.41) is 11.2. The number of hydrogen-bond donors (Lipinski definition) is 2. The fourth-order valence-electron chi connectivity index (χ4n) is 2.54. The number of aliphatic imine (C=N–C) groups is 1. The Hall–Kier alpha value is -2.30. The van der Waals surface area contributed by atoms with Gasteiger partial charge in [-0.15, -0.1) is 0 Å². The molecule has 0 aliphatic heterocycles. The molecular formula is C18H27N5. The summed E-state index contributed by atoms with van der Waals surface area (Å²) < 4.78 is 1.92. The standard InChI is InChI=1S/C18H27N5/c1-6-19-18(20-11-16-10-8-7-9-13(16)2)21-12-17-14(3)22-23(5)15(17)4/h7-10H,6,11-12H2,1-5H3,(H2,19,20,21). The third kappa shape index (κ3) is 4.34. The molecule has 0 aliphatic rings. The number of nitrogens with zero attached hydrogens (tertiary/aromatic N) is 3. The third-order valence-corrected chi connectivity index (χ3v) is 4.10. The summed E-state index contributed by atoms with van der Waals surface area (Å²) >= 11 is 0. The van der Waals surface area contributed by atoms with Gasteiger partial charge in [-0.1, -0.05) is 24.3 Å². The molecule has 0 saturated heterocycles. The van der Waals surface area contributed by atoms with Gasteiger partial charge in [0, 0.05) is 31.4 Å². The number of rotatable bonds is 5. The first-order chi connectivity index (χ1) is 11.0. The van der Waals surface area contributed by atoms with Crippen LogP contribution in [0.3, 0.4) is 0 Å². The van der Waals surface area contributed by atoms with Crippen molar-refractivity contribution in [2.75, 3.05) is 6.54 Å². The Morgan fingerprint density at radius 2 is 1.91 bits per heavy atom. The molecule has 0 radical (unpaired) electrons. The lowest BCUT2D eigenvalue weighted by atomic mass is 10.1. The number of aromatic nitrogens is 2. The van der Waals surface area contributed by atoms with E-state index in [0.717, 1.165) is 24.7 Å². The molecule has 0 fully saturated rings. The molecule has 0 unspecified atom stereocenters. The lowest BCUT2D eigenvalue weighted by Gasteiger charge is -2.12. The summed E-state index contributed by atoms with van der Waals surface area (Å²) in [4.78, 5) is 4.69.